The van der Waals surface area contributed by atoms with Gasteiger partial charge < -0.3 is 15.7 Å². The van der Waals surface area contributed by atoms with E-state index in [9.17, 15) is 9.90 Å². The molecule has 0 aromatic heterocycles. The number of aliphatic hydroxyl groups excluding tert-OH is 1. The van der Waals surface area contributed by atoms with E-state index in [1.165, 1.54) is 0 Å². The van der Waals surface area contributed by atoms with Crippen LogP contribution in [-0.2, 0) is 0 Å². The Bertz CT molecular complexity index is 304. The number of urea groups is 1. The first kappa shape index (κ1) is 13.1. The predicted octanol–water partition coefficient (Wildman–Crippen LogP) is 1.02. The van der Waals surface area contributed by atoms with E-state index in [0.717, 1.165) is 0 Å². The molecule has 2 atom stereocenters. The van der Waals surface area contributed by atoms with Crippen LogP contribution in [0.4, 0.5) is 4.79 Å². The molecule has 0 aromatic carbocycles. The quantitative estimate of drug-likeness (QED) is 0.647. The first-order chi connectivity index (χ1) is 7.62. The highest BCUT2D eigenvalue weighted by Gasteiger charge is 2.31. The summed E-state index contributed by atoms with van der Waals surface area (Å²) in [6.45, 7) is 2.29. The lowest BCUT2D eigenvalue weighted by atomic mass is 9.80. The van der Waals surface area contributed by atoms with Gasteiger partial charge in [-0.2, -0.15) is 0 Å². The molecule has 0 spiro atoms. The molecule has 3 N–H and O–H groups in total. The molecule has 0 radical (unpaired) electrons. The zero-order valence-corrected chi connectivity index (χ0v) is 10.00. The van der Waals surface area contributed by atoms with E-state index in [-0.39, 0.29) is 18.7 Å². The maximum absolute atomic E-state index is 11.5. The van der Waals surface area contributed by atoms with Crippen molar-refractivity contribution in [3.63, 3.8) is 0 Å². The lowest BCUT2D eigenvalue weighted by Crippen LogP contribution is -2.50. The Morgan fingerprint density at radius 3 is 2.94 bits per heavy atom. The highest BCUT2D eigenvalue weighted by atomic mass is 35.5. The minimum atomic E-state index is -0.451. The van der Waals surface area contributed by atoms with Crippen LogP contribution in [0.1, 0.15) is 6.92 Å². The molecule has 0 aromatic rings. The van der Waals surface area contributed by atoms with Crippen molar-refractivity contribution in [2.75, 3.05) is 19.0 Å². The number of amides is 2. The van der Waals surface area contributed by atoms with Crippen LogP contribution in [0.25, 0.3) is 0 Å². The van der Waals surface area contributed by atoms with E-state index < -0.39 is 5.41 Å². The van der Waals surface area contributed by atoms with E-state index in [1.807, 2.05) is 31.2 Å². The third kappa shape index (κ3) is 3.25. The van der Waals surface area contributed by atoms with Gasteiger partial charge in [0.1, 0.15) is 0 Å². The number of rotatable bonds is 4. The van der Waals surface area contributed by atoms with Crippen LogP contribution in [0.15, 0.2) is 24.3 Å². The Hall–Kier alpha value is -1.00. The molecule has 0 saturated carbocycles. The van der Waals surface area contributed by atoms with Crippen molar-refractivity contribution < 1.29 is 9.90 Å². The summed E-state index contributed by atoms with van der Waals surface area (Å²) in [6.07, 6.45) is 7.46. The van der Waals surface area contributed by atoms with E-state index in [0.29, 0.717) is 12.4 Å². The summed E-state index contributed by atoms with van der Waals surface area (Å²) >= 11 is 5.46. The lowest BCUT2D eigenvalue weighted by molar-refractivity contribution is 0.157. The SMILES string of the molecule is CC1(CO)C=CC=CC1NC(=O)NCCCl. The Kier molecular flexibility index (Phi) is 4.83. The monoisotopic (exact) mass is 244 g/mol. The number of hydrogen-bond donors (Lipinski definition) is 3. The number of hydrogen-bond acceptors (Lipinski definition) is 2. The third-order valence-electron chi connectivity index (χ3n) is 2.61. The third-order valence-corrected chi connectivity index (χ3v) is 2.80. The zero-order valence-electron chi connectivity index (χ0n) is 9.24. The Labute approximate surface area is 100 Å². The Morgan fingerprint density at radius 1 is 1.56 bits per heavy atom. The zero-order chi connectivity index (χ0) is 12.0. The van der Waals surface area contributed by atoms with Crippen molar-refractivity contribution >= 4 is 17.6 Å². The van der Waals surface area contributed by atoms with Gasteiger partial charge in [-0.05, 0) is 0 Å². The summed E-state index contributed by atoms with van der Waals surface area (Å²) in [5, 5.41) is 14.7. The number of carbonyl (C=O) groups is 1. The summed E-state index contributed by atoms with van der Waals surface area (Å²) in [5.74, 6) is 0.380. The first-order valence-electron chi connectivity index (χ1n) is 5.19. The number of alkyl halides is 1. The molecular formula is C11H17ClN2O2. The molecule has 0 bridgehead atoms. The molecule has 90 valence electrons. The number of carbonyl (C=O) groups excluding carboxylic acids is 1. The van der Waals surface area contributed by atoms with Crippen LogP contribution in [-0.4, -0.2) is 36.2 Å². The van der Waals surface area contributed by atoms with E-state index in [1.54, 1.807) is 0 Å². The standard InChI is InChI=1S/C11H17ClN2O2/c1-11(8-15)5-3-2-4-9(11)14-10(16)13-7-6-12/h2-5,9,15H,6-8H2,1H3,(H2,13,14,16). The van der Waals surface area contributed by atoms with Gasteiger partial charge in [-0.25, -0.2) is 4.79 Å². The van der Waals surface area contributed by atoms with Crippen molar-refractivity contribution in [1.82, 2.24) is 10.6 Å². The van der Waals surface area contributed by atoms with Crippen molar-refractivity contribution in [1.29, 1.82) is 0 Å². The minimum Gasteiger partial charge on any atom is -0.395 e. The van der Waals surface area contributed by atoms with Gasteiger partial charge in [-0.15, -0.1) is 11.6 Å². The van der Waals surface area contributed by atoms with Gasteiger partial charge in [0.25, 0.3) is 0 Å². The smallest absolute Gasteiger partial charge is 0.315 e. The number of aliphatic hydroxyl groups is 1. The van der Waals surface area contributed by atoms with Gasteiger partial charge in [0.05, 0.1) is 12.6 Å². The summed E-state index contributed by atoms with van der Waals surface area (Å²) < 4.78 is 0. The average Bonchev–Trinajstić information content (AvgIpc) is 2.29. The molecule has 1 aliphatic carbocycles. The van der Waals surface area contributed by atoms with Crippen molar-refractivity contribution in [3.8, 4) is 0 Å². The van der Waals surface area contributed by atoms with Gasteiger partial charge in [-0.3, -0.25) is 0 Å². The molecule has 1 rings (SSSR count). The number of halogens is 1. The van der Waals surface area contributed by atoms with Gasteiger partial charge in [0, 0.05) is 17.8 Å². The van der Waals surface area contributed by atoms with Crippen LogP contribution < -0.4 is 10.6 Å². The Morgan fingerprint density at radius 2 is 2.31 bits per heavy atom. The second kappa shape index (κ2) is 5.92. The molecule has 5 heteroatoms. The van der Waals surface area contributed by atoms with Gasteiger partial charge in [0.15, 0.2) is 0 Å². The molecule has 0 heterocycles. The minimum absolute atomic E-state index is 0.0196. The fourth-order valence-corrected chi connectivity index (χ4v) is 1.59. The second-order valence-corrected chi connectivity index (χ2v) is 4.35. The molecule has 2 unspecified atom stereocenters. The molecule has 2 amide bonds. The largest absolute Gasteiger partial charge is 0.395 e. The van der Waals surface area contributed by atoms with E-state index in [4.69, 9.17) is 11.6 Å². The van der Waals surface area contributed by atoms with Gasteiger partial charge in [-0.1, -0.05) is 31.2 Å². The van der Waals surface area contributed by atoms with Crippen LogP contribution in [0.3, 0.4) is 0 Å². The number of allylic oxidation sites excluding steroid dienone is 2. The lowest BCUT2D eigenvalue weighted by Gasteiger charge is -2.33. The molecule has 4 nitrogen and oxygen atoms in total. The molecule has 0 fully saturated rings. The molecule has 0 aliphatic heterocycles. The highest BCUT2D eigenvalue weighted by Crippen LogP contribution is 2.26. The number of nitrogens with one attached hydrogen (secondary N) is 2. The second-order valence-electron chi connectivity index (χ2n) is 3.97. The maximum Gasteiger partial charge on any atom is 0.315 e. The van der Waals surface area contributed by atoms with E-state index >= 15 is 0 Å². The average molecular weight is 245 g/mol. The van der Waals surface area contributed by atoms with E-state index in [2.05, 4.69) is 10.6 Å². The fraction of sp³-hybridized carbons (Fsp3) is 0.545. The normalized spacial score (nSPS) is 27.8. The first-order valence-corrected chi connectivity index (χ1v) is 5.73. The van der Waals surface area contributed by atoms with Crippen molar-refractivity contribution in [2.45, 2.75) is 13.0 Å². The summed E-state index contributed by atoms with van der Waals surface area (Å²) in [7, 11) is 0. The maximum atomic E-state index is 11.5. The van der Waals surface area contributed by atoms with Crippen LogP contribution in [0, 0.1) is 5.41 Å². The molecule has 0 saturated heterocycles. The van der Waals surface area contributed by atoms with Crippen LogP contribution in [0.2, 0.25) is 0 Å². The van der Waals surface area contributed by atoms with Crippen LogP contribution in [0.5, 0.6) is 0 Å². The summed E-state index contributed by atoms with van der Waals surface area (Å²) in [4.78, 5) is 11.5. The molecular weight excluding hydrogens is 228 g/mol. The van der Waals surface area contributed by atoms with Crippen LogP contribution >= 0.6 is 11.6 Å². The fourth-order valence-electron chi connectivity index (χ4n) is 1.49. The van der Waals surface area contributed by atoms with Crippen molar-refractivity contribution in [3.05, 3.63) is 24.3 Å². The summed E-state index contributed by atoms with van der Waals surface area (Å²) in [6, 6.07) is -0.483. The Balaban J connectivity index is 2.55. The van der Waals surface area contributed by atoms with Gasteiger partial charge >= 0.3 is 6.03 Å². The predicted molar refractivity (Wildman–Crippen MR) is 64.5 cm³/mol. The van der Waals surface area contributed by atoms with Gasteiger partial charge in [0.2, 0.25) is 0 Å². The highest BCUT2D eigenvalue weighted by molar-refractivity contribution is 6.18. The molecule has 16 heavy (non-hydrogen) atoms. The molecule has 1 aliphatic rings. The van der Waals surface area contributed by atoms with Crippen molar-refractivity contribution in [2.24, 2.45) is 5.41 Å². The topological polar surface area (TPSA) is 61.4 Å². The summed E-state index contributed by atoms with van der Waals surface area (Å²) in [5.41, 5.74) is -0.451.